The van der Waals surface area contributed by atoms with E-state index in [0.29, 0.717) is 0 Å². The van der Waals surface area contributed by atoms with Gasteiger partial charge in [-0.05, 0) is 47.7 Å². The summed E-state index contributed by atoms with van der Waals surface area (Å²) < 4.78 is 6.26. The molecular formula is C26H26N2O. The van der Waals surface area contributed by atoms with Gasteiger partial charge in [0.2, 0.25) is 0 Å². The van der Waals surface area contributed by atoms with Crippen LogP contribution in [0.15, 0.2) is 88.4 Å². The second kappa shape index (κ2) is 7.59. The minimum atomic E-state index is 0.121. The third-order valence-corrected chi connectivity index (χ3v) is 5.02. The first-order chi connectivity index (χ1) is 13.9. The Morgan fingerprint density at radius 2 is 1.55 bits per heavy atom. The molecule has 0 spiro atoms. The van der Waals surface area contributed by atoms with Crippen LogP contribution in [-0.4, -0.2) is 0 Å². The molecule has 0 fully saturated rings. The summed E-state index contributed by atoms with van der Waals surface area (Å²) in [6.07, 6.45) is 0. The van der Waals surface area contributed by atoms with Crippen LogP contribution >= 0.6 is 0 Å². The Kier molecular flexibility index (Phi) is 4.98. The number of benzene rings is 3. The van der Waals surface area contributed by atoms with E-state index in [1.165, 1.54) is 5.56 Å². The lowest BCUT2D eigenvalue weighted by Crippen LogP contribution is -2.10. The molecule has 0 amide bonds. The van der Waals surface area contributed by atoms with E-state index in [9.17, 15) is 0 Å². The van der Waals surface area contributed by atoms with Crippen LogP contribution < -0.4 is 10.8 Å². The van der Waals surface area contributed by atoms with E-state index in [4.69, 9.17) is 4.42 Å². The van der Waals surface area contributed by atoms with E-state index >= 15 is 0 Å². The minimum absolute atomic E-state index is 0.121. The molecule has 0 unspecified atom stereocenters. The highest BCUT2D eigenvalue weighted by Crippen LogP contribution is 2.27. The Balaban J connectivity index is 1.83. The largest absolute Gasteiger partial charge is 0.456 e. The van der Waals surface area contributed by atoms with Gasteiger partial charge in [-0.2, -0.15) is 5.10 Å². The molecule has 1 N–H and O–H groups in total. The van der Waals surface area contributed by atoms with Crippen molar-refractivity contribution in [1.82, 2.24) is 0 Å². The monoisotopic (exact) mass is 382 g/mol. The van der Waals surface area contributed by atoms with Gasteiger partial charge in [-0.1, -0.05) is 69.3 Å². The van der Waals surface area contributed by atoms with Gasteiger partial charge in [0.1, 0.15) is 11.3 Å². The van der Waals surface area contributed by atoms with Gasteiger partial charge >= 0.3 is 0 Å². The lowest BCUT2D eigenvalue weighted by Gasteiger charge is -2.19. The Bertz CT molecular complexity index is 1200. The molecule has 0 bridgehead atoms. The first-order valence-electron chi connectivity index (χ1n) is 9.90. The molecule has 0 aliphatic rings. The van der Waals surface area contributed by atoms with Crippen molar-refractivity contribution >= 4 is 16.7 Å². The zero-order valence-electron chi connectivity index (χ0n) is 17.4. The van der Waals surface area contributed by atoms with Crippen LogP contribution in [0.5, 0.6) is 0 Å². The average Bonchev–Trinajstić information content (AvgIpc) is 2.71. The van der Waals surface area contributed by atoms with Gasteiger partial charge in [0, 0.05) is 17.0 Å². The van der Waals surface area contributed by atoms with Gasteiger partial charge in [0.05, 0.1) is 11.0 Å². The van der Waals surface area contributed by atoms with Crippen molar-refractivity contribution in [2.75, 3.05) is 5.43 Å². The number of para-hydroxylation sites is 1. The molecule has 3 heteroatoms. The minimum Gasteiger partial charge on any atom is -0.456 e. The van der Waals surface area contributed by atoms with Crippen molar-refractivity contribution in [1.29, 1.82) is 0 Å². The van der Waals surface area contributed by atoms with Crippen molar-refractivity contribution in [2.24, 2.45) is 5.10 Å². The van der Waals surface area contributed by atoms with E-state index in [0.717, 1.165) is 38.9 Å². The summed E-state index contributed by atoms with van der Waals surface area (Å²) in [4.78, 5) is 0. The first-order valence-corrected chi connectivity index (χ1v) is 9.90. The predicted octanol–water partition coefficient (Wildman–Crippen LogP) is 6.63. The van der Waals surface area contributed by atoms with Crippen LogP contribution in [0, 0.1) is 6.92 Å². The zero-order valence-corrected chi connectivity index (χ0v) is 17.4. The molecule has 1 aromatic heterocycles. The van der Waals surface area contributed by atoms with Crippen LogP contribution in [0.4, 0.5) is 5.69 Å². The molecule has 4 rings (SSSR count). The summed E-state index contributed by atoms with van der Waals surface area (Å²) >= 11 is 0. The maximum atomic E-state index is 6.26. The van der Waals surface area contributed by atoms with E-state index in [2.05, 4.69) is 80.7 Å². The van der Waals surface area contributed by atoms with E-state index < -0.39 is 0 Å². The summed E-state index contributed by atoms with van der Waals surface area (Å²) in [6, 6.07) is 26.7. The van der Waals surface area contributed by atoms with Gasteiger partial charge in [-0.3, -0.25) is 5.43 Å². The van der Waals surface area contributed by atoms with Crippen LogP contribution in [0.3, 0.4) is 0 Å². The molecule has 29 heavy (non-hydrogen) atoms. The van der Waals surface area contributed by atoms with E-state index in [1.807, 2.05) is 36.4 Å². The molecule has 4 aromatic rings. The predicted molar refractivity (Wildman–Crippen MR) is 121 cm³/mol. The zero-order chi connectivity index (χ0) is 20.4. The summed E-state index contributed by atoms with van der Waals surface area (Å²) in [6.45, 7) is 8.73. The van der Waals surface area contributed by atoms with Gasteiger partial charge in [0.15, 0.2) is 0 Å². The molecule has 3 nitrogen and oxygen atoms in total. The smallest absolute Gasteiger partial charge is 0.137 e. The summed E-state index contributed by atoms with van der Waals surface area (Å²) in [5.74, 6) is 0.803. The van der Waals surface area contributed by atoms with Crippen LogP contribution in [0.2, 0.25) is 0 Å². The second-order valence-electron chi connectivity index (χ2n) is 8.41. The number of nitrogens with zero attached hydrogens (tertiary/aromatic N) is 1. The molecule has 0 saturated carbocycles. The quantitative estimate of drug-likeness (QED) is 0.404. The summed E-state index contributed by atoms with van der Waals surface area (Å²) in [5, 5.41) is 6.50. The van der Waals surface area contributed by atoms with Crippen molar-refractivity contribution in [3.63, 3.8) is 0 Å². The number of aryl methyl sites for hydroxylation is 1. The summed E-state index contributed by atoms with van der Waals surface area (Å²) in [5.41, 5.74) is 8.55. The molecule has 0 saturated heterocycles. The van der Waals surface area contributed by atoms with Gasteiger partial charge < -0.3 is 4.42 Å². The molecule has 3 aromatic carbocycles. The molecule has 0 radical (unpaired) electrons. The normalized spacial score (nSPS) is 12.3. The number of anilines is 1. The highest BCUT2D eigenvalue weighted by Gasteiger charge is 2.14. The average molecular weight is 383 g/mol. The Morgan fingerprint density at radius 1 is 0.828 bits per heavy atom. The fourth-order valence-electron chi connectivity index (χ4n) is 3.28. The number of fused-ring (bicyclic) bond motifs is 1. The maximum Gasteiger partial charge on any atom is 0.137 e. The Labute approximate surface area is 171 Å². The fourth-order valence-corrected chi connectivity index (χ4v) is 3.28. The third-order valence-electron chi connectivity index (χ3n) is 5.02. The lowest BCUT2D eigenvalue weighted by atomic mass is 9.86. The van der Waals surface area contributed by atoms with Gasteiger partial charge in [0.25, 0.3) is 0 Å². The number of hydrogen-bond acceptors (Lipinski definition) is 3. The highest BCUT2D eigenvalue weighted by atomic mass is 16.3. The van der Waals surface area contributed by atoms with E-state index in [1.54, 1.807) is 0 Å². The molecular weight excluding hydrogens is 356 g/mol. The molecule has 0 aliphatic carbocycles. The molecule has 146 valence electrons. The lowest BCUT2D eigenvalue weighted by molar-refractivity contribution is 0.589. The van der Waals surface area contributed by atoms with Crippen molar-refractivity contribution < 1.29 is 4.42 Å². The number of rotatable bonds is 3. The highest BCUT2D eigenvalue weighted by molar-refractivity contribution is 5.79. The van der Waals surface area contributed by atoms with Gasteiger partial charge in [-0.15, -0.1) is 0 Å². The molecule has 0 atom stereocenters. The van der Waals surface area contributed by atoms with Crippen molar-refractivity contribution in [3.05, 3.63) is 95.3 Å². The maximum absolute atomic E-state index is 6.26. The number of hydrogen-bond donors (Lipinski definition) is 1. The van der Waals surface area contributed by atoms with Crippen LogP contribution in [0.25, 0.3) is 22.3 Å². The Morgan fingerprint density at radius 3 is 2.24 bits per heavy atom. The van der Waals surface area contributed by atoms with Crippen molar-refractivity contribution in [3.8, 4) is 11.3 Å². The fraction of sp³-hybridized carbons (Fsp3) is 0.192. The number of nitrogens with one attached hydrogen (secondary N) is 1. The van der Waals surface area contributed by atoms with Crippen molar-refractivity contribution in [2.45, 2.75) is 33.1 Å². The topological polar surface area (TPSA) is 37.5 Å². The van der Waals surface area contributed by atoms with Gasteiger partial charge in [-0.25, -0.2) is 0 Å². The van der Waals surface area contributed by atoms with Crippen LogP contribution in [-0.2, 0) is 5.41 Å². The third kappa shape index (κ3) is 4.24. The SMILES string of the molecule is Cc1ccc2/c(=N\Nc3ccccc3)cc(-c3ccc(C(C)(C)C)cc3)oc2c1. The van der Waals surface area contributed by atoms with E-state index in [-0.39, 0.29) is 5.41 Å². The molecule has 1 heterocycles. The molecule has 0 aliphatic heterocycles. The second-order valence-corrected chi connectivity index (χ2v) is 8.41. The Hall–Kier alpha value is -3.33. The first kappa shape index (κ1) is 19.0. The van der Waals surface area contributed by atoms with Crippen LogP contribution in [0.1, 0.15) is 31.9 Å². The standard InChI is InChI=1S/C26H26N2O/c1-18-10-15-22-23(28-27-21-8-6-5-7-9-21)17-24(29-25(22)16-18)19-11-13-20(14-12-19)26(2,3)4/h5-17,27H,1-4H3/b28-23-. The summed E-state index contributed by atoms with van der Waals surface area (Å²) in [7, 11) is 0.